The first-order valence-electron chi connectivity index (χ1n) is 3.40. The molecule has 0 N–H and O–H groups in total. The highest BCUT2D eigenvalue weighted by atomic mass is 35.5. The Morgan fingerprint density at radius 3 is 2.58 bits per heavy atom. The highest BCUT2D eigenvalue weighted by molar-refractivity contribution is 7.86. The van der Waals surface area contributed by atoms with Crippen molar-refractivity contribution >= 4 is 33.3 Å². The van der Waals surface area contributed by atoms with Crippen LogP contribution in [0.5, 0.6) is 0 Å². The fourth-order valence-corrected chi connectivity index (χ4v) is 1.90. The summed E-state index contributed by atoms with van der Waals surface area (Å²) in [4.78, 5) is 0. The molecule has 0 rings (SSSR count). The number of rotatable bonds is 5. The smallest absolute Gasteiger partial charge is 0.310 e. The summed E-state index contributed by atoms with van der Waals surface area (Å²) in [5, 5.41) is -0.326. The van der Waals surface area contributed by atoms with Crippen molar-refractivity contribution in [3.8, 4) is 0 Å². The molecular weight excluding hydrogens is 223 g/mol. The highest BCUT2D eigenvalue weighted by Gasteiger charge is 2.11. The van der Waals surface area contributed by atoms with E-state index in [2.05, 4.69) is 4.18 Å². The summed E-state index contributed by atoms with van der Waals surface area (Å²) in [6.07, 6.45) is 1.33. The van der Waals surface area contributed by atoms with E-state index in [1.54, 1.807) is 0 Å². The van der Waals surface area contributed by atoms with Crippen LogP contribution < -0.4 is 0 Å². The normalized spacial score (nSPS) is 13.1. The summed E-state index contributed by atoms with van der Waals surface area (Å²) < 4.78 is 26.3. The maximum atomic E-state index is 11.0. The molecule has 0 radical (unpaired) electrons. The lowest BCUT2D eigenvalue weighted by Crippen LogP contribution is -2.08. The fourth-order valence-electron chi connectivity index (χ4n) is 0.502. The summed E-state index contributed by atoms with van der Waals surface area (Å²) >= 11 is 10.4. The van der Waals surface area contributed by atoms with Gasteiger partial charge in [-0.2, -0.15) is 8.42 Å². The van der Waals surface area contributed by atoms with E-state index in [0.29, 0.717) is 6.42 Å². The molecule has 0 saturated heterocycles. The quantitative estimate of drug-likeness (QED) is 0.541. The van der Waals surface area contributed by atoms with Gasteiger partial charge < -0.3 is 4.18 Å². The third-order valence-electron chi connectivity index (χ3n) is 1.04. The molecule has 0 aliphatic carbocycles. The Bertz CT molecular complexity index is 246. The van der Waals surface area contributed by atoms with E-state index < -0.39 is 10.1 Å². The van der Waals surface area contributed by atoms with Crippen LogP contribution >= 0.6 is 23.2 Å². The molecule has 0 saturated carbocycles. The van der Waals surface area contributed by atoms with Crippen molar-refractivity contribution in [1.29, 1.82) is 0 Å². The zero-order valence-electron chi connectivity index (χ0n) is 6.59. The minimum atomic E-state index is -3.54. The van der Waals surface area contributed by atoms with E-state index in [4.69, 9.17) is 23.2 Å². The van der Waals surface area contributed by atoms with Crippen LogP contribution in [0.3, 0.4) is 0 Å². The summed E-state index contributed by atoms with van der Waals surface area (Å²) in [5.74, 6) is -0.0373. The van der Waals surface area contributed by atoms with E-state index in [1.807, 2.05) is 6.92 Å². The fraction of sp³-hybridized carbons (Fsp3) is 0.667. The Morgan fingerprint density at radius 1 is 1.58 bits per heavy atom. The molecular formula is C6H10Cl2O3S. The SMILES string of the molecule is CCCCS(=O)(=O)O/C(Cl)=C/Cl. The first-order chi connectivity index (χ1) is 5.52. The van der Waals surface area contributed by atoms with Crippen molar-refractivity contribution in [1.82, 2.24) is 0 Å². The van der Waals surface area contributed by atoms with E-state index in [-0.39, 0.29) is 11.0 Å². The zero-order chi connectivity index (χ0) is 9.61. The van der Waals surface area contributed by atoms with Gasteiger partial charge in [-0.1, -0.05) is 24.9 Å². The average molecular weight is 233 g/mol. The van der Waals surface area contributed by atoms with E-state index >= 15 is 0 Å². The summed E-state index contributed by atoms with van der Waals surface area (Å²) in [5.41, 5.74) is 0.866. The summed E-state index contributed by atoms with van der Waals surface area (Å²) in [6.45, 7) is 1.88. The molecule has 0 bridgehead atoms. The molecule has 12 heavy (non-hydrogen) atoms. The van der Waals surface area contributed by atoms with Crippen LogP contribution in [0.25, 0.3) is 0 Å². The average Bonchev–Trinajstić information content (AvgIpc) is 2.00. The molecule has 0 amide bonds. The monoisotopic (exact) mass is 232 g/mol. The largest absolute Gasteiger partial charge is 0.369 e. The third kappa shape index (κ3) is 5.69. The second-order valence-corrected chi connectivity index (χ2v) is 4.39. The van der Waals surface area contributed by atoms with Crippen molar-refractivity contribution in [2.45, 2.75) is 19.8 Å². The molecule has 0 spiro atoms. The van der Waals surface area contributed by atoms with Crippen LogP contribution in [0.1, 0.15) is 19.8 Å². The van der Waals surface area contributed by atoms with Gasteiger partial charge in [-0.15, -0.1) is 0 Å². The second-order valence-electron chi connectivity index (χ2n) is 2.11. The lowest BCUT2D eigenvalue weighted by molar-refractivity contribution is 0.431. The van der Waals surface area contributed by atoms with Crippen LogP contribution in [-0.4, -0.2) is 14.2 Å². The highest BCUT2D eigenvalue weighted by Crippen LogP contribution is 2.11. The van der Waals surface area contributed by atoms with Gasteiger partial charge in [-0.3, -0.25) is 0 Å². The van der Waals surface area contributed by atoms with Gasteiger partial charge >= 0.3 is 10.1 Å². The minimum absolute atomic E-state index is 0.0373. The van der Waals surface area contributed by atoms with Crippen molar-refractivity contribution in [3.05, 3.63) is 10.8 Å². The van der Waals surface area contributed by atoms with Gasteiger partial charge in [-0.25, -0.2) is 0 Å². The Labute approximate surface area is 82.4 Å². The van der Waals surface area contributed by atoms with Gasteiger partial charge in [-0.05, 0) is 18.0 Å². The van der Waals surface area contributed by atoms with Crippen LogP contribution in [-0.2, 0) is 14.3 Å². The predicted molar refractivity (Wildman–Crippen MR) is 49.6 cm³/mol. The molecule has 0 aliphatic heterocycles. The molecule has 0 fully saturated rings. The number of hydrogen-bond acceptors (Lipinski definition) is 3. The Hall–Kier alpha value is 0.0700. The van der Waals surface area contributed by atoms with Crippen LogP contribution in [0.2, 0.25) is 0 Å². The van der Waals surface area contributed by atoms with E-state index in [9.17, 15) is 8.42 Å². The van der Waals surface area contributed by atoms with Gasteiger partial charge in [0.15, 0.2) is 0 Å². The summed E-state index contributed by atoms with van der Waals surface area (Å²) in [6, 6.07) is 0. The molecule has 3 nitrogen and oxygen atoms in total. The van der Waals surface area contributed by atoms with E-state index in [1.165, 1.54) is 0 Å². The van der Waals surface area contributed by atoms with Crippen molar-refractivity contribution in [3.63, 3.8) is 0 Å². The van der Waals surface area contributed by atoms with Crippen LogP contribution in [0.4, 0.5) is 0 Å². The van der Waals surface area contributed by atoms with Crippen molar-refractivity contribution in [2.24, 2.45) is 0 Å². The number of halogens is 2. The molecule has 6 heteroatoms. The lowest BCUT2D eigenvalue weighted by atomic mass is 10.4. The van der Waals surface area contributed by atoms with Crippen molar-refractivity contribution < 1.29 is 12.6 Å². The standard InChI is InChI=1S/C6H10Cl2O3S/c1-2-3-4-12(9,10)11-6(8)5-7/h5H,2-4H2,1H3/b6-5+. The molecule has 0 heterocycles. The topological polar surface area (TPSA) is 43.4 Å². The second kappa shape index (κ2) is 5.67. The molecule has 0 aliphatic rings. The van der Waals surface area contributed by atoms with Gasteiger partial charge in [0.2, 0.25) is 5.22 Å². The molecule has 0 aromatic rings. The third-order valence-corrected chi connectivity index (χ3v) is 2.85. The van der Waals surface area contributed by atoms with Gasteiger partial charge in [0.1, 0.15) is 0 Å². The Balaban J connectivity index is 4.06. The summed E-state index contributed by atoms with van der Waals surface area (Å²) in [7, 11) is -3.54. The van der Waals surface area contributed by atoms with E-state index in [0.717, 1.165) is 12.0 Å². The predicted octanol–water partition coefficient (Wildman–Crippen LogP) is 2.41. The van der Waals surface area contributed by atoms with Crippen LogP contribution in [0.15, 0.2) is 10.8 Å². The Morgan fingerprint density at radius 2 is 2.17 bits per heavy atom. The zero-order valence-corrected chi connectivity index (χ0v) is 8.92. The number of hydrogen-bond donors (Lipinski definition) is 0. The maximum absolute atomic E-state index is 11.0. The van der Waals surface area contributed by atoms with Crippen molar-refractivity contribution in [2.75, 3.05) is 5.75 Å². The minimum Gasteiger partial charge on any atom is -0.369 e. The molecule has 72 valence electrons. The van der Waals surface area contributed by atoms with Gasteiger partial charge in [0.25, 0.3) is 0 Å². The maximum Gasteiger partial charge on any atom is 0.310 e. The molecule has 0 aromatic heterocycles. The Kier molecular flexibility index (Phi) is 5.70. The van der Waals surface area contributed by atoms with Gasteiger partial charge in [0.05, 0.1) is 11.3 Å². The number of unbranched alkanes of at least 4 members (excludes halogenated alkanes) is 1. The van der Waals surface area contributed by atoms with Crippen LogP contribution in [0, 0.1) is 0 Å². The van der Waals surface area contributed by atoms with Gasteiger partial charge in [0, 0.05) is 0 Å². The first-order valence-corrected chi connectivity index (χ1v) is 5.79. The lowest BCUT2D eigenvalue weighted by Gasteiger charge is -2.02. The molecule has 0 aromatic carbocycles. The molecule has 0 unspecified atom stereocenters. The molecule has 0 atom stereocenters. The first kappa shape index (κ1) is 12.1.